The molecule has 0 radical (unpaired) electrons. The van der Waals surface area contributed by atoms with Gasteiger partial charge in [0.25, 0.3) is 5.95 Å². The van der Waals surface area contributed by atoms with Crippen LogP contribution in [-0.2, 0) is 0 Å². The highest BCUT2D eigenvalue weighted by Gasteiger charge is 2.29. The van der Waals surface area contributed by atoms with Gasteiger partial charge in [0.05, 0.1) is 4.92 Å². The molecule has 0 unspecified atom stereocenters. The first kappa shape index (κ1) is 12.4. The van der Waals surface area contributed by atoms with Gasteiger partial charge in [-0.15, -0.1) is 0 Å². The van der Waals surface area contributed by atoms with Gasteiger partial charge in [0.1, 0.15) is 5.69 Å². The molecule has 0 aliphatic heterocycles. The summed E-state index contributed by atoms with van der Waals surface area (Å²) in [4.78, 5) is 18.4. The molecule has 2 heterocycles. The number of rotatable bonds is 3. The lowest BCUT2D eigenvalue weighted by atomic mass is 10.1. The van der Waals surface area contributed by atoms with Crippen LogP contribution in [0.15, 0.2) is 18.5 Å². The van der Waals surface area contributed by atoms with Crippen LogP contribution in [0.3, 0.4) is 0 Å². The summed E-state index contributed by atoms with van der Waals surface area (Å²) >= 11 is 5.98. The summed E-state index contributed by atoms with van der Waals surface area (Å²) in [6.45, 7) is 3.61. The summed E-state index contributed by atoms with van der Waals surface area (Å²) in [5.41, 5.74) is 0.122. The van der Waals surface area contributed by atoms with Gasteiger partial charge in [0.15, 0.2) is 0 Å². The van der Waals surface area contributed by atoms with Crippen molar-refractivity contribution in [1.82, 2.24) is 19.7 Å². The van der Waals surface area contributed by atoms with Crippen LogP contribution in [0.5, 0.6) is 0 Å². The number of aromatic nitrogens is 4. The van der Waals surface area contributed by atoms with E-state index in [9.17, 15) is 10.1 Å². The molecule has 2 rings (SSSR count). The van der Waals surface area contributed by atoms with Gasteiger partial charge in [-0.2, -0.15) is 9.78 Å². The molecular formula is C10H10ClN5O2. The summed E-state index contributed by atoms with van der Waals surface area (Å²) in [6, 6.07) is 1.64. The molecule has 0 aliphatic rings. The minimum Gasteiger partial charge on any atom is -0.258 e. The van der Waals surface area contributed by atoms with Crippen LogP contribution in [-0.4, -0.2) is 24.7 Å². The molecule has 0 bridgehead atoms. The third kappa shape index (κ3) is 2.04. The van der Waals surface area contributed by atoms with Crippen molar-refractivity contribution in [2.45, 2.75) is 19.8 Å². The van der Waals surface area contributed by atoms with E-state index in [1.54, 1.807) is 6.07 Å². The molecule has 0 atom stereocenters. The maximum Gasteiger partial charge on any atom is 0.329 e. The predicted molar refractivity (Wildman–Crippen MR) is 64.9 cm³/mol. The minimum atomic E-state index is -0.538. The van der Waals surface area contributed by atoms with Gasteiger partial charge in [-0.3, -0.25) is 10.1 Å². The highest BCUT2D eigenvalue weighted by molar-refractivity contribution is 6.32. The van der Waals surface area contributed by atoms with Crippen LogP contribution in [0.25, 0.3) is 5.95 Å². The van der Waals surface area contributed by atoms with Crippen molar-refractivity contribution in [2.75, 3.05) is 0 Å². The van der Waals surface area contributed by atoms with Gasteiger partial charge < -0.3 is 0 Å². The number of hydrogen-bond donors (Lipinski definition) is 0. The van der Waals surface area contributed by atoms with Gasteiger partial charge >= 0.3 is 5.69 Å². The van der Waals surface area contributed by atoms with E-state index >= 15 is 0 Å². The number of hydrogen-bond acceptors (Lipinski definition) is 5. The summed E-state index contributed by atoms with van der Waals surface area (Å²) < 4.78 is 1.18. The van der Waals surface area contributed by atoms with Crippen LogP contribution in [0.1, 0.15) is 25.5 Å². The normalized spacial score (nSPS) is 10.9. The second kappa shape index (κ2) is 4.69. The van der Waals surface area contributed by atoms with E-state index in [4.69, 9.17) is 11.6 Å². The van der Waals surface area contributed by atoms with Gasteiger partial charge in [-0.25, -0.2) is 9.97 Å². The molecule has 0 saturated heterocycles. The first-order valence-electron chi connectivity index (χ1n) is 5.22. The first-order valence-corrected chi connectivity index (χ1v) is 5.60. The zero-order chi connectivity index (χ0) is 13.3. The van der Waals surface area contributed by atoms with Crippen molar-refractivity contribution in [3.63, 3.8) is 0 Å². The van der Waals surface area contributed by atoms with Crippen molar-refractivity contribution in [3.05, 3.63) is 39.4 Å². The van der Waals surface area contributed by atoms with Crippen LogP contribution in [0.4, 0.5) is 5.69 Å². The topological polar surface area (TPSA) is 86.7 Å². The van der Waals surface area contributed by atoms with Gasteiger partial charge in [0.2, 0.25) is 5.15 Å². The van der Waals surface area contributed by atoms with E-state index in [0.717, 1.165) is 0 Å². The molecule has 0 fully saturated rings. The SMILES string of the molecule is CC(C)c1nn(-c2ncccn2)c(Cl)c1[N+](=O)[O-]. The van der Waals surface area contributed by atoms with E-state index in [-0.39, 0.29) is 22.7 Å². The molecule has 0 aromatic carbocycles. The fourth-order valence-corrected chi connectivity index (χ4v) is 1.78. The van der Waals surface area contributed by atoms with Gasteiger partial charge in [-0.1, -0.05) is 25.4 Å². The second-order valence-corrected chi connectivity index (χ2v) is 4.26. The molecule has 18 heavy (non-hydrogen) atoms. The van der Waals surface area contributed by atoms with Crippen LogP contribution in [0.2, 0.25) is 5.15 Å². The lowest BCUT2D eigenvalue weighted by Crippen LogP contribution is -2.02. The Morgan fingerprint density at radius 3 is 2.44 bits per heavy atom. The molecule has 0 N–H and O–H groups in total. The zero-order valence-electron chi connectivity index (χ0n) is 9.74. The third-order valence-corrected chi connectivity index (χ3v) is 2.64. The fraction of sp³-hybridized carbons (Fsp3) is 0.300. The van der Waals surface area contributed by atoms with Crippen molar-refractivity contribution < 1.29 is 4.92 Å². The number of nitrogens with zero attached hydrogens (tertiary/aromatic N) is 5. The minimum absolute atomic E-state index is 0.0881. The monoisotopic (exact) mass is 267 g/mol. The molecule has 0 spiro atoms. The van der Waals surface area contributed by atoms with Crippen molar-refractivity contribution >= 4 is 17.3 Å². The first-order chi connectivity index (χ1) is 8.52. The summed E-state index contributed by atoms with van der Waals surface area (Å²) in [5, 5.41) is 15.0. The second-order valence-electron chi connectivity index (χ2n) is 3.90. The standard InChI is InChI=1S/C10H10ClN5O2/c1-6(2)7-8(16(17)18)9(11)15(14-7)10-12-4-3-5-13-10/h3-6H,1-2H3. The Morgan fingerprint density at radius 2 is 2.00 bits per heavy atom. The molecule has 2 aromatic rings. The summed E-state index contributed by atoms with van der Waals surface area (Å²) in [5.74, 6) is 0.0883. The maximum atomic E-state index is 11.0. The number of halogens is 1. The smallest absolute Gasteiger partial charge is 0.258 e. The third-order valence-electron chi connectivity index (χ3n) is 2.30. The Morgan fingerprint density at radius 1 is 1.39 bits per heavy atom. The van der Waals surface area contributed by atoms with Crippen molar-refractivity contribution in [3.8, 4) is 5.95 Å². The van der Waals surface area contributed by atoms with Gasteiger partial charge in [0, 0.05) is 18.3 Å². The average Bonchev–Trinajstić information content (AvgIpc) is 2.68. The Hall–Kier alpha value is -2.02. The molecule has 7 nitrogen and oxygen atoms in total. The number of nitro groups is 1. The molecule has 0 saturated carbocycles. The van der Waals surface area contributed by atoms with E-state index in [2.05, 4.69) is 15.1 Å². The predicted octanol–water partition coefficient (Wildman–Crippen LogP) is 2.35. The van der Waals surface area contributed by atoms with Crippen LogP contribution >= 0.6 is 11.6 Å². The molecule has 0 amide bonds. The van der Waals surface area contributed by atoms with E-state index < -0.39 is 4.92 Å². The van der Waals surface area contributed by atoms with Crippen molar-refractivity contribution in [2.24, 2.45) is 0 Å². The molecule has 2 aromatic heterocycles. The Labute approximate surface area is 108 Å². The van der Waals surface area contributed by atoms with Crippen molar-refractivity contribution in [1.29, 1.82) is 0 Å². The molecule has 8 heteroatoms. The maximum absolute atomic E-state index is 11.0. The summed E-state index contributed by atoms with van der Waals surface area (Å²) in [6.07, 6.45) is 3.03. The Bertz CT molecular complexity index is 581. The Balaban J connectivity index is 2.64. The zero-order valence-corrected chi connectivity index (χ0v) is 10.5. The average molecular weight is 268 g/mol. The summed E-state index contributed by atoms with van der Waals surface area (Å²) in [7, 11) is 0. The molecular weight excluding hydrogens is 258 g/mol. The molecule has 0 aliphatic carbocycles. The van der Waals surface area contributed by atoms with Crippen LogP contribution < -0.4 is 0 Å². The Kier molecular flexibility index (Phi) is 3.24. The van der Waals surface area contributed by atoms with Crippen LogP contribution in [0, 0.1) is 10.1 Å². The fourth-order valence-electron chi connectivity index (χ4n) is 1.50. The van der Waals surface area contributed by atoms with E-state index in [1.807, 2.05) is 13.8 Å². The molecule has 94 valence electrons. The van der Waals surface area contributed by atoms with E-state index in [0.29, 0.717) is 5.69 Å². The van der Waals surface area contributed by atoms with E-state index in [1.165, 1.54) is 17.1 Å². The highest BCUT2D eigenvalue weighted by Crippen LogP contribution is 2.33. The lowest BCUT2D eigenvalue weighted by Gasteiger charge is -1.98. The lowest BCUT2D eigenvalue weighted by molar-refractivity contribution is -0.385. The quantitative estimate of drug-likeness (QED) is 0.629. The highest BCUT2D eigenvalue weighted by atomic mass is 35.5. The van der Waals surface area contributed by atoms with Gasteiger partial charge in [-0.05, 0) is 6.07 Å². The largest absolute Gasteiger partial charge is 0.329 e.